The van der Waals surface area contributed by atoms with Gasteiger partial charge >= 0.3 is 0 Å². The van der Waals surface area contributed by atoms with Crippen molar-refractivity contribution in [2.75, 3.05) is 18.2 Å². The minimum atomic E-state index is -0.178. The molecular formula is C22H19N7O2S. The molecule has 9 nitrogen and oxygen atoms in total. The summed E-state index contributed by atoms with van der Waals surface area (Å²) in [5.41, 5.74) is 2.83. The monoisotopic (exact) mass is 445 g/mol. The molecule has 32 heavy (non-hydrogen) atoms. The predicted molar refractivity (Wildman–Crippen MR) is 122 cm³/mol. The molecule has 0 bridgehead atoms. The van der Waals surface area contributed by atoms with E-state index in [9.17, 15) is 4.79 Å². The molecule has 0 fully saturated rings. The minimum absolute atomic E-state index is 0.144. The van der Waals surface area contributed by atoms with Crippen LogP contribution < -0.4 is 10.1 Å². The first kappa shape index (κ1) is 21.2. The first-order valence-corrected chi connectivity index (χ1v) is 10.6. The number of nitrogens with zero attached hydrogens (tertiary/aromatic N) is 6. The third-order valence-corrected chi connectivity index (χ3v) is 5.19. The zero-order valence-corrected chi connectivity index (χ0v) is 17.9. The second-order valence-electron chi connectivity index (χ2n) is 6.46. The number of nitrogens with one attached hydrogen (secondary N) is 1. The summed E-state index contributed by atoms with van der Waals surface area (Å²) in [5.74, 6) is 0.601. The fourth-order valence-corrected chi connectivity index (χ4v) is 3.46. The summed E-state index contributed by atoms with van der Waals surface area (Å²) in [6.07, 6.45) is 0. The van der Waals surface area contributed by atoms with E-state index < -0.39 is 0 Å². The molecule has 1 N–H and O–H groups in total. The highest BCUT2D eigenvalue weighted by molar-refractivity contribution is 7.99. The van der Waals surface area contributed by atoms with E-state index in [2.05, 4.69) is 31.1 Å². The summed E-state index contributed by atoms with van der Waals surface area (Å²) in [5, 5.41) is 23.4. The van der Waals surface area contributed by atoms with Crippen molar-refractivity contribution in [2.45, 2.75) is 5.16 Å². The number of para-hydroxylation sites is 2. The van der Waals surface area contributed by atoms with Crippen LogP contribution in [0.25, 0.3) is 5.69 Å². The lowest BCUT2D eigenvalue weighted by Crippen LogP contribution is -2.14. The minimum Gasteiger partial charge on any atom is -0.494 e. The van der Waals surface area contributed by atoms with E-state index in [4.69, 9.17) is 4.74 Å². The average Bonchev–Trinajstić information content (AvgIpc) is 3.31. The van der Waals surface area contributed by atoms with Crippen molar-refractivity contribution in [3.8, 4) is 11.4 Å². The maximum Gasteiger partial charge on any atom is 0.234 e. The molecule has 0 aliphatic rings. The molecular weight excluding hydrogens is 426 g/mol. The lowest BCUT2D eigenvalue weighted by atomic mass is 10.3. The molecule has 0 saturated heterocycles. The number of carbonyl (C=O) groups excluding carboxylic acids is 1. The highest BCUT2D eigenvalue weighted by atomic mass is 32.2. The molecule has 1 amide bonds. The fraction of sp³-hybridized carbons (Fsp3) is 0.0909. The Morgan fingerprint density at radius 1 is 0.969 bits per heavy atom. The summed E-state index contributed by atoms with van der Waals surface area (Å²) in [6.45, 7) is 0. The number of ether oxygens (including phenoxy) is 1. The summed E-state index contributed by atoms with van der Waals surface area (Å²) in [6, 6.07) is 24.0. The van der Waals surface area contributed by atoms with E-state index in [-0.39, 0.29) is 11.7 Å². The number of azo groups is 1. The topological polar surface area (TPSA) is 107 Å². The van der Waals surface area contributed by atoms with Gasteiger partial charge in [-0.25, -0.2) is 0 Å². The van der Waals surface area contributed by atoms with E-state index >= 15 is 0 Å². The summed E-state index contributed by atoms with van der Waals surface area (Å²) >= 11 is 1.23. The van der Waals surface area contributed by atoms with Crippen molar-refractivity contribution in [2.24, 2.45) is 10.2 Å². The second-order valence-corrected chi connectivity index (χ2v) is 7.41. The summed E-state index contributed by atoms with van der Waals surface area (Å²) < 4.78 is 6.91. The Balaban J connectivity index is 1.34. The quantitative estimate of drug-likeness (QED) is 0.308. The van der Waals surface area contributed by atoms with Crippen molar-refractivity contribution in [3.05, 3.63) is 78.9 Å². The maximum absolute atomic E-state index is 12.4. The fourth-order valence-electron chi connectivity index (χ4n) is 2.77. The Morgan fingerprint density at radius 3 is 2.41 bits per heavy atom. The Morgan fingerprint density at radius 2 is 1.66 bits per heavy atom. The average molecular weight is 446 g/mol. The largest absolute Gasteiger partial charge is 0.494 e. The molecule has 0 saturated carbocycles. The molecule has 1 aromatic heterocycles. The number of carbonyl (C=O) groups is 1. The van der Waals surface area contributed by atoms with Gasteiger partial charge in [0.15, 0.2) is 0 Å². The third-order valence-electron chi connectivity index (χ3n) is 4.27. The molecule has 3 aromatic carbocycles. The van der Waals surface area contributed by atoms with E-state index in [1.165, 1.54) is 11.8 Å². The first-order chi connectivity index (χ1) is 15.7. The molecule has 160 valence electrons. The van der Waals surface area contributed by atoms with Crippen LogP contribution >= 0.6 is 11.8 Å². The highest BCUT2D eigenvalue weighted by Gasteiger charge is 2.14. The van der Waals surface area contributed by atoms with Crippen LogP contribution in [0.2, 0.25) is 0 Å². The normalized spacial score (nSPS) is 10.9. The Bertz CT molecular complexity index is 1210. The number of aromatic nitrogens is 4. The first-order valence-electron chi connectivity index (χ1n) is 9.64. The van der Waals surface area contributed by atoms with E-state index in [0.29, 0.717) is 28.0 Å². The van der Waals surface area contributed by atoms with Crippen LogP contribution in [0.5, 0.6) is 5.75 Å². The lowest BCUT2D eigenvalue weighted by Gasteiger charge is -2.09. The van der Waals surface area contributed by atoms with Crippen LogP contribution in [-0.4, -0.2) is 39.0 Å². The highest BCUT2D eigenvalue weighted by Crippen LogP contribution is 2.26. The van der Waals surface area contributed by atoms with Gasteiger partial charge in [-0.05, 0) is 59.0 Å². The smallest absolute Gasteiger partial charge is 0.234 e. The van der Waals surface area contributed by atoms with Gasteiger partial charge in [-0.3, -0.25) is 4.79 Å². The van der Waals surface area contributed by atoms with Crippen LogP contribution in [-0.2, 0) is 4.79 Å². The SMILES string of the molecule is COc1ccccc1-n1nnnc1SCC(=O)Nc1ccc(N=Nc2ccccc2)cc1. The summed E-state index contributed by atoms with van der Waals surface area (Å²) in [4.78, 5) is 12.4. The van der Waals surface area contributed by atoms with Crippen molar-refractivity contribution < 1.29 is 9.53 Å². The van der Waals surface area contributed by atoms with E-state index in [1.807, 2.05) is 54.6 Å². The maximum atomic E-state index is 12.4. The molecule has 0 aliphatic heterocycles. The molecule has 0 atom stereocenters. The molecule has 10 heteroatoms. The number of methoxy groups -OCH3 is 1. The number of hydrogen-bond acceptors (Lipinski definition) is 8. The molecule has 0 radical (unpaired) electrons. The number of thioether (sulfide) groups is 1. The number of benzene rings is 3. The molecule has 0 spiro atoms. The van der Waals surface area contributed by atoms with Crippen molar-refractivity contribution in [3.63, 3.8) is 0 Å². The summed E-state index contributed by atoms with van der Waals surface area (Å²) in [7, 11) is 1.58. The molecule has 0 aliphatic carbocycles. The van der Waals surface area contributed by atoms with Gasteiger partial charge < -0.3 is 10.1 Å². The van der Waals surface area contributed by atoms with Crippen LogP contribution in [0, 0.1) is 0 Å². The number of amides is 1. The number of hydrogen-bond donors (Lipinski definition) is 1. The standard InChI is InChI=1S/C22H19N7O2S/c1-31-20-10-6-5-9-19(20)29-22(26-27-28-29)32-15-21(30)23-16-11-13-18(14-12-16)25-24-17-7-3-2-4-8-17/h2-14H,15H2,1H3,(H,23,30). The Kier molecular flexibility index (Phi) is 6.83. The molecule has 0 unspecified atom stereocenters. The molecule has 4 aromatic rings. The van der Waals surface area contributed by atoms with Crippen LogP contribution in [0.15, 0.2) is 94.2 Å². The van der Waals surface area contributed by atoms with Gasteiger partial charge in [0, 0.05) is 5.69 Å². The van der Waals surface area contributed by atoms with Gasteiger partial charge in [0.05, 0.1) is 24.2 Å². The van der Waals surface area contributed by atoms with Crippen molar-refractivity contribution in [1.82, 2.24) is 20.2 Å². The van der Waals surface area contributed by atoms with E-state index in [1.54, 1.807) is 36.1 Å². The van der Waals surface area contributed by atoms with Crippen LogP contribution in [0.1, 0.15) is 0 Å². The lowest BCUT2D eigenvalue weighted by molar-refractivity contribution is -0.113. The number of anilines is 1. The van der Waals surface area contributed by atoms with Crippen LogP contribution in [0.3, 0.4) is 0 Å². The van der Waals surface area contributed by atoms with Gasteiger partial charge in [0.2, 0.25) is 11.1 Å². The van der Waals surface area contributed by atoms with Gasteiger partial charge in [-0.2, -0.15) is 14.9 Å². The molecule has 4 rings (SSSR count). The Hall–Kier alpha value is -4.05. The Labute approximate surface area is 188 Å². The van der Waals surface area contributed by atoms with Gasteiger partial charge in [0.25, 0.3) is 0 Å². The van der Waals surface area contributed by atoms with E-state index in [0.717, 1.165) is 5.69 Å². The second kappa shape index (κ2) is 10.3. The third kappa shape index (κ3) is 5.35. The van der Waals surface area contributed by atoms with Gasteiger partial charge in [-0.15, -0.1) is 5.10 Å². The van der Waals surface area contributed by atoms with Crippen molar-refractivity contribution >= 4 is 34.7 Å². The predicted octanol–water partition coefficient (Wildman–Crippen LogP) is 4.82. The number of rotatable bonds is 8. The zero-order chi connectivity index (χ0) is 22.2. The van der Waals surface area contributed by atoms with Gasteiger partial charge in [-0.1, -0.05) is 42.1 Å². The van der Waals surface area contributed by atoms with Crippen LogP contribution in [0.4, 0.5) is 17.1 Å². The molecule has 1 heterocycles. The number of tetrazole rings is 1. The van der Waals surface area contributed by atoms with Crippen molar-refractivity contribution in [1.29, 1.82) is 0 Å². The van der Waals surface area contributed by atoms with Gasteiger partial charge in [0.1, 0.15) is 11.4 Å². The zero-order valence-electron chi connectivity index (χ0n) is 17.1.